The summed E-state index contributed by atoms with van der Waals surface area (Å²) in [5.41, 5.74) is 2.11. The first-order valence-electron chi connectivity index (χ1n) is 8.00. The van der Waals surface area contributed by atoms with Crippen molar-refractivity contribution in [1.82, 2.24) is 0 Å². The van der Waals surface area contributed by atoms with Crippen LogP contribution in [-0.2, 0) is 6.42 Å². The molecule has 0 aliphatic carbocycles. The van der Waals surface area contributed by atoms with E-state index in [1.807, 2.05) is 36.4 Å². The molecule has 1 N–H and O–H groups in total. The maximum Gasteiger partial charge on any atom is 0.392 e. The molecular weight excluding hydrogens is 333 g/mol. The molecule has 0 bridgehead atoms. The highest BCUT2D eigenvalue weighted by atomic mass is 19.4. The lowest BCUT2D eigenvalue weighted by atomic mass is 10.0. The fourth-order valence-corrected chi connectivity index (χ4v) is 2.14. The highest BCUT2D eigenvalue weighted by Gasteiger charge is 2.26. The normalized spacial score (nSPS) is 12.7. The van der Waals surface area contributed by atoms with Crippen molar-refractivity contribution in [1.29, 1.82) is 0 Å². The highest BCUT2D eigenvalue weighted by molar-refractivity contribution is 5.34. The van der Waals surface area contributed by atoms with Gasteiger partial charge in [-0.25, -0.2) is 0 Å². The lowest BCUT2D eigenvalue weighted by molar-refractivity contribution is -0.139. The van der Waals surface area contributed by atoms with Crippen molar-refractivity contribution < 1.29 is 27.8 Å². The number of halogens is 3. The van der Waals surface area contributed by atoms with Crippen molar-refractivity contribution in [3.63, 3.8) is 0 Å². The van der Waals surface area contributed by atoms with Gasteiger partial charge in [0.15, 0.2) is 0 Å². The molecule has 0 spiro atoms. The van der Waals surface area contributed by atoms with Gasteiger partial charge < -0.3 is 14.6 Å². The molecule has 0 aromatic heterocycles. The monoisotopic (exact) mass is 354 g/mol. The van der Waals surface area contributed by atoms with E-state index in [1.54, 1.807) is 19.1 Å². The second kappa shape index (κ2) is 8.76. The van der Waals surface area contributed by atoms with Gasteiger partial charge in [0.25, 0.3) is 0 Å². The Labute approximate surface area is 145 Å². The topological polar surface area (TPSA) is 38.7 Å². The Hall–Kier alpha value is -2.21. The number of alkyl halides is 3. The molecule has 0 radical (unpaired) electrons. The first-order chi connectivity index (χ1) is 11.8. The van der Waals surface area contributed by atoms with Crippen LogP contribution in [0.5, 0.6) is 11.5 Å². The van der Waals surface area contributed by atoms with Gasteiger partial charge >= 0.3 is 6.18 Å². The summed E-state index contributed by atoms with van der Waals surface area (Å²) in [6, 6.07) is 14.6. The van der Waals surface area contributed by atoms with E-state index in [4.69, 9.17) is 9.47 Å². The van der Waals surface area contributed by atoms with Crippen LogP contribution in [0.1, 0.15) is 24.5 Å². The van der Waals surface area contributed by atoms with Crippen molar-refractivity contribution in [2.75, 3.05) is 13.2 Å². The fourth-order valence-electron chi connectivity index (χ4n) is 2.14. The maximum atomic E-state index is 12.1. The Morgan fingerprint density at radius 1 is 0.880 bits per heavy atom. The minimum atomic E-state index is -4.20. The van der Waals surface area contributed by atoms with E-state index in [0.29, 0.717) is 17.9 Å². The maximum absolute atomic E-state index is 12.1. The molecule has 0 heterocycles. The van der Waals surface area contributed by atoms with Crippen molar-refractivity contribution in [3.05, 3.63) is 59.7 Å². The van der Waals surface area contributed by atoms with Gasteiger partial charge in [-0.2, -0.15) is 13.2 Å². The van der Waals surface area contributed by atoms with Crippen LogP contribution in [0.2, 0.25) is 0 Å². The zero-order chi connectivity index (χ0) is 18.3. The van der Waals surface area contributed by atoms with Crippen molar-refractivity contribution in [2.24, 2.45) is 0 Å². The molecule has 0 saturated heterocycles. The molecule has 0 fully saturated rings. The Morgan fingerprint density at radius 2 is 1.36 bits per heavy atom. The smallest absolute Gasteiger partial charge is 0.392 e. The van der Waals surface area contributed by atoms with Crippen LogP contribution in [-0.4, -0.2) is 30.6 Å². The molecule has 1 atom stereocenters. The molecule has 6 heteroatoms. The first kappa shape index (κ1) is 19.1. The average Bonchev–Trinajstić information content (AvgIpc) is 2.55. The largest absolute Gasteiger partial charge is 0.493 e. The Kier molecular flexibility index (Phi) is 6.70. The Balaban J connectivity index is 1.84. The standard InChI is InChI=1S/C19H21F3O3/c1-14(23)13-25-18-8-4-16(5-9-18)12-15-2-6-17(7-3-15)24-11-10-19(20,21)22/h2-9,14,23H,10-13H2,1H3. The summed E-state index contributed by atoms with van der Waals surface area (Å²) in [5, 5.41) is 9.19. The summed E-state index contributed by atoms with van der Waals surface area (Å²) in [5.74, 6) is 1.12. The molecule has 3 nitrogen and oxygen atoms in total. The second-order valence-corrected chi connectivity index (χ2v) is 5.84. The number of benzene rings is 2. The Bertz CT molecular complexity index is 634. The predicted molar refractivity (Wildman–Crippen MR) is 89.0 cm³/mol. The zero-order valence-electron chi connectivity index (χ0n) is 13.9. The van der Waals surface area contributed by atoms with E-state index < -0.39 is 18.7 Å². The van der Waals surface area contributed by atoms with E-state index in [0.717, 1.165) is 11.1 Å². The van der Waals surface area contributed by atoms with Crippen LogP contribution in [0.15, 0.2) is 48.5 Å². The molecule has 136 valence electrons. The van der Waals surface area contributed by atoms with E-state index >= 15 is 0 Å². The summed E-state index contributed by atoms with van der Waals surface area (Å²) in [7, 11) is 0. The number of hydrogen-bond acceptors (Lipinski definition) is 3. The van der Waals surface area contributed by atoms with Crippen LogP contribution in [0.3, 0.4) is 0 Å². The van der Waals surface area contributed by atoms with Crippen molar-refractivity contribution in [2.45, 2.75) is 32.0 Å². The molecule has 25 heavy (non-hydrogen) atoms. The van der Waals surface area contributed by atoms with Crippen LogP contribution in [0.4, 0.5) is 13.2 Å². The third kappa shape index (κ3) is 7.47. The number of aliphatic hydroxyl groups is 1. The summed E-state index contributed by atoms with van der Waals surface area (Å²) >= 11 is 0. The average molecular weight is 354 g/mol. The number of aliphatic hydroxyl groups excluding tert-OH is 1. The van der Waals surface area contributed by atoms with Crippen LogP contribution < -0.4 is 9.47 Å². The molecule has 0 aliphatic rings. The van der Waals surface area contributed by atoms with Gasteiger partial charge in [-0.15, -0.1) is 0 Å². The molecule has 2 aromatic carbocycles. The summed E-state index contributed by atoms with van der Waals surface area (Å²) in [6.45, 7) is 1.52. The fraction of sp³-hybridized carbons (Fsp3) is 0.368. The van der Waals surface area contributed by atoms with Gasteiger partial charge in [-0.3, -0.25) is 0 Å². The van der Waals surface area contributed by atoms with Gasteiger partial charge in [-0.1, -0.05) is 24.3 Å². The van der Waals surface area contributed by atoms with Gasteiger partial charge in [0, 0.05) is 0 Å². The van der Waals surface area contributed by atoms with E-state index in [9.17, 15) is 18.3 Å². The highest BCUT2D eigenvalue weighted by Crippen LogP contribution is 2.21. The summed E-state index contributed by atoms with van der Waals surface area (Å²) in [4.78, 5) is 0. The molecule has 2 rings (SSSR count). The van der Waals surface area contributed by atoms with Crippen LogP contribution >= 0.6 is 0 Å². The minimum absolute atomic E-state index is 0.245. The number of rotatable bonds is 8. The van der Waals surface area contributed by atoms with Gasteiger partial charge in [-0.05, 0) is 48.7 Å². The lowest BCUT2D eigenvalue weighted by Gasteiger charge is -2.10. The van der Waals surface area contributed by atoms with E-state index in [-0.39, 0.29) is 13.2 Å². The third-order valence-electron chi connectivity index (χ3n) is 3.40. The van der Waals surface area contributed by atoms with Crippen molar-refractivity contribution in [3.8, 4) is 11.5 Å². The SMILES string of the molecule is CC(O)COc1ccc(Cc2ccc(OCCC(F)(F)F)cc2)cc1. The number of ether oxygens (including phenoxy) is 2. The Morgan fingerprint density at radius 3 is 1.80 bits per heavy atom. The third-order valence-corrected chi connectivity index (χ3v) is 3.40. The van der Waals surface area contributed by atoms with Crippen molar-refractivity contribution >= 4 is 0 Å². The molecular formula is C19H21F3O3. The zero-order valence-corrected chi connectivity index (χ0v) is 13.9. The first-order valence-corrected chi connectivity index (χ1v) is 8.00. The summed E-state index contributed by atoms with van der Waals surface area (Å²) < 4.78 is 46.7. The number of hydrogen-bond donors (Lipinski definition) is 1. The van der Waals surface area contributed by atoms with E-state index in [2.05, 4.69) is 0 Å². The van der Waals surface area contributed by atoms with Gasteiger partial charge in [0.05, 0.1) is 19.1 Å². The van der Waals surface area contributed by atoms with Crippen LogP contribution in [0.25, 0.3) is 0 Å². The predicted octanol–water partition coefficient (Wildman–Crippen LogP) is 4.37. The van der Waals surface area contributed by atoms with Gasteiger partial charge in [0.1, 0.15) is 18.1 Å². The quantitative estimate of drug-likeness (QED) is 0.765. The van der Waals surface area contributed by atoms with Crippen LogP contribution in [0, 0.1) is 0 Å². The minimum Gasteiger partial charge on any atom is -0.493 e. The summed E-state index contributed by atoms with van der Waals surface area (Å²) in [6.07, 6.45) is -4.99. The molecule has 0 saturated carbocycles. The van der Waals surface area contributed by atoms with E-state index in [1.165, 1.54) is 0 Å². The molecule has 0 amide bonds. The van der Waals surface area contributed by atoms with Gasteiger partial charge in [0.2, 0.25) is 0 Å². The molecule has 2 aromatic rings. The molecule has 0 aliphatic heterocycles. The second-order valence-electron chi connectivity index (χ2n) is 5.84. The molecule has 1 unspecified atom stereocenters. The lowest BCUT2D eigenvalue weighted by Crippen LogP contribution is -2.13.